The zero-order valence-electron chi connectivity index (χ0n) is 30.5. The third-order valence-corrected chi connectivity index (χ3v) is 9.66. The molecule has 0 fully saturated rings. The van der Waals surface area contributed by atoms with Crippen molar-refractivity contribution in [2.75, 3.05) is 19.6 Å². The molecule has 1 heteroatoms. The van der Waals surface area contributed by atoms with Crippen molar-refractivity contribution in [1.82, 2.24) is 4.90 Å². The minimum Gasteiger partial charge on any atom is -0.303 e. The molecule has 0 aliphatic heterocycles. The lowest BCUT2D eigenvalue weighted by Gasteiger charge is -2.22. The molecule has 0 aliphatic carbocycles. The first-order chi connectivity index (χ1) is 20.7. The van der Waals surface area contributed by atoms with Crippen LogP contribution in [0.4, 0.5) is 0 Å². The summed E-state index contributed by atoms with van der Waals surface area (Å²) in [6.07, 6.45) is 48.1. The zero-order valence-corrected chi connectivity index (χ0v) is 30.5. The van der Waals surface area contributed by atoms with Gasteiger partial charge in [0.1, 0.15) is 0 Å². The molecule has 0 radical (unpaired) electrons. The maximum absolute atomic E-state index is 2.86. The molecule has 0 aromatic rings. The molecule has 254 valence electrons. The summed E-state index contributed by atoms with van der Waals surface area (Å²) >= 11 is 0. The van der Waals surface area contributed by atoms with Crippen molar-refractivity contribution < 1.29 is 0 Å². The number of nitrogens with zero attached hydrogens (tertiary/aromatic N) is 1. The van der Waals surface area contributed by atoms with Gasteiger partial charge in [0.2, 0.25) is 0 Å². The third kappa shape index (κ3) is 36.2. The van der Waals surface area contributed by atoms with Crippen LogP contribution in [-0.2, 0) is 0 Å². The minimum atomic E-state index is 0.883. The van der Waals surface area contributed by atoms with E-state index in [0.717, 1.165) is 5.92 Å². The first-order valence-corrected chi connectivity index (χ1v) is 20.4. The molecule has 0 aliphatic rings. The Morgan fingerprint density at radius 2 is 0.500 bits per heavy atom. The van der Waals surface area contributed by atoms with Crippen molar-refractivity contribution in [3.05, 3.63) is 0 Å². The lowest BCUT2D eigenvalue weighted by atomic mass is 10.0. The van der Waals surface area contributed by atoms with Crippen LogP contribution in [0.15, 0.2) is 0 Å². The largest absolute Gasteiger partial charge is 0.303 e. The summed E-state index contributed by atoms with van der Waals surface area (Å²) in [7, 11) is 0. The average molecular weight is 592 g/mol. The zero-order chi connectivity index (χ0) is 30.6. The lowest BCUT2D eigenvalue weighted by molar-refractivity contribution is 0.254. The second-order valence-electron chi connectivity index (χ2n) is 14.6. The molecule has 0 atom stereocenters. The van der Waals surface area contributed by atoms with Gasteiger partial charge in [-0.15, -0.1) is 0 Å². The smallest absolute Gasteiger partial charge is 0.00187 e. The van der Waals surface area contributed by atoms with Gasteiger partial charge in [0.25, 0.3) is 0 Å². The van der Waals surface area contributed by atoms with Crippen LogP contribution >= 0.6 is 0 Å². The molecule has 42 heavy (non-hydrogen) atoms. The Morgan fingerprint density at radius 3 is 0.738 bits per heavy atom. The van der Waals surface area contributed by atoms with Gasteiger partial charge in [-0.05, 0) is 44.8 Å². The highest BCUT2D eigenvalue weighted by Gasteiger charge is 2.05. The lowest BCUT2D eigenvalue weighted by Crippen LogP contribution is -2.27. The first-order valence-electron chi connectivity index (χ1n) is 20.4. The van der Waals surface area contributed by atoms with Gasteiger partial charge in [0.15, 0.2) is 0 Å². The molecule has 0 aromatic heterocycles. The molecule has 0 bridgehead atoms. The Labute approximate surface area is 269 Å². The van der Waals surface area contributed by atoms with Crippen LogP contribution in [0.3, 0.4) is 0 Å². The van der Waals surface area contributed by atoms with E-state index in [4.69, 9.17) is 0 Å². The fourth-order valence-corrected chi connectivity index (χ4v) is 6.64. The van der Waals surface area contributed by atoms with Crippen LogP contribution < -0.4 is 0 Å². The first kappa shape index (κ1) is 42.0. The average Bonchev–Trinajstić information content (AvgIpc) is 2.98. The molecule has 0 N–H and O–H groups in total. The summed E-state index contributed by atoms with van der Waals surface area (Å²) in [5, 5.41) is 0. The van der Waals surface area contributed by atoms with Gasteiger partial charge in [0.05, 0.1) is 0 Å². The Bertz CT molecular complexity index is 428. The molecule has 0 amide bonds. The Balaban J connectivity index is 3.87. The summed E-state index contributed by atoms with van der Waals surface area (Å²) in [6.45, 7) is 13.5. The monoisotopic (exact) mass is 592 g/mol. The molecule has 0 rings (SSSR count). The predicted molar refractivity (Wildman–Crippen MR) is 195 cm³/mol. The number of rotatable bonds is 37. The number of hydrogen-bond acceptors (Lipinski definition) is 1. The molecule has 0 spiro atoms. The molecule has 0 heterocycles. The van der Waals surface area contributed by atoms with Gasteiger partial charge in [-0.1, -0.05) is 220 Å². The van der Waals surface area contributed by atoms with Crippen LogP contribution in [-0.4, -0.2) is 24.5 Å². The molecule has 0 aromatic carbocycles. The van der Waals surface area contributed by atoms with Gasteiger partial charge < -0.3 is 4.90 Å². The predicted octanol–water partition coefficient (Wildman–Crippen LogP) is 14.9. The standard InChI is InChI=1S/C41H85N/c1-5-7-9-11-13-15-17-19-21-23-26-30-34-38-42(40-36-32-28-25-29-33-37-41(3)4)39-35-31-27-24-22-20-18-16-14-12-10-8-6-2/h41H,5-40H2,1-4H3. The summed E-state index contributed by atoms with van der Waals surface area (Å²) in [5.41, 5.74) is 0. The maximum Gasteiger partial charge on any atom is -0.00187 e. The van der Waals surface area contributed by atoms with E-state index in [2.05, 4.69) is 32.6 Å². The third-order valence-electron chi connectivity index (χ3n) is 9.66. The summed E-state index contributed by atoms with van der Waals surface area (Å²) in [6, 6.07) is 0. The van der Waals surface area contributed by atoms with E-state index in [-0.39, 0.29) is 0 Å². The van der Waals surface area contributed by atoms with E-state index in [9.17, 15) is 0 Å². The van der Waals surface area contributed by atoms with Crippen molar-refractivity contribution in [2.45, 2.75) is 240 Å². The van der Waals surface area contributed by atoms with Crippen LogP contribution in [0.2, 0.25) is 0 Å². The quantitative estimate of drug-likeness (QED) is 0.0649. The summed E-state index contributed by atoms with van der Waals surface area (Å²) in [4.78, 5) is 2.86. The highest BCUT2D eigenvalue weighted by Crippen LogP contribution is 2.16. The fraction of sp³-hybridized carbons (Fsp3) is 1.00. The number of unbranched alkanes of at least 4 members (excludes halogenated alkanes) is 29. The maximum atomic E-state index is 2.86. The second-order valence-corrected chi connectivity index (χ2v) is 14.6. The van der Waals surface area contributed by atoms with E-state index in [1.54, 1.807) is 0 Å². The molecule has 0 saturated carbocycles. The van der Waals surface area contributed by atoms with Crippen molar-refractivity contribution in [2.24, 2.45) is 5.92 Å². The van der Waals surface area contributed by atoms with E-state index in [0.29, 0.717) is 0 Å². The van der Waals surface area contributed by atoms with E-state index < -0.39 is 0 Å². The van der Waals surface area contributed by atoms with Crippen molar-refractivity contribution in [3.8, 4) is 0 Å². The molecule has 0 saturated heterocycles. The van der Waals surface area contributed by atoms with E-state index >= 15 is 0 Å². The molecular weight excluding hydrogens is 506 g/mol. The van der Waals surface area contributed by atoms with Crippen LogP contribution in [0.1, 0.15) is 240 Å². The topological polar surface area (TPSA) is 3.24 Å². The SMILES string of the molecule is CCCCCCCCCCCCCCCN(CCCCCCCCCCCCCCC)CCCCCCCCC(C)C. The highest BCUT2D eigenvalue weighted by molar-refractivity contribution is 4.61. The Morgan fingerprint density at radius 1 is 0.286 bits per heavy atom. The second kappa shape index (κ2) is 37.1. The molecule has 1 nitrogen and oxygen atoms in total. The van der Waals surface area contributed by atoms with Gasteiger partial charge >= 0.3 is 0 Å². The number of hydrogen-bond donors (Lipinski definition) is 0. The van der Waals surface area contributed by atoms with Gasteiger partial charge in [-0.3, -0.25) is 0 Å². The Hall–Kier alpha value is -0.0400. The van der Waals surface area contributed by atoms with Crippen molar-refractivity contribution in [1.29, 1.82) is 0 Å². The summed E-state index contributed by atoms with van der Waals surface area (Å²) < 4.78 is 0. The van der Waals surface area contributed by atoms with E-state index in [1.807, 2.05) is 0 Å². The molecular formula is C41H85N. The van der Waals surface area contributed by atoms with Gasteiger partial charge in [-0.25, -0.2) is 0 Å². The fourth-order valence-electron chi connectivity index (χ4n) is 6.64. The highest BCUT2D eigenvalue weighted by atomic mass is 15.1. The Kier molecular flexibility index (Phi) is 37.1. The van der Waals surface area contributed by atoms with Gasteiger partial charge in [0, 0.05) is 0 Å². The summed E-state index contributed by atoms with van der Waals surface area (Å²) in [5.74, 6) is 0.883. The minimum absolute atomic E-state index is 0.883. The van der Waals surface area contributed by atoms with Crippen LogP contribution in [0.5, 0.6) is 0 Å². The van der Waals surface area contributed by atoms with Crippen LogP contribution in [0.25, 0.3) is 0 Å². The van der Waals surface area contributed by atoms with Crippen molar-refractivity contribution >= 4 is 0 Å². The van der Waals surface area contributed by atoms with Crippen LogP contribution in [0, 0.1) is 5.92 Å². The van der Waals surface area contributed by atoms with Gasteiger partial charge in [-0.2, -0.15) is 0 Å². The van der Waals surface area contributed by atoms with E-state index in [1.165, 1.54) is 232 Å². The van der Waals surface area contributed by atoms with Crippen molar-refractivity contribution in [3.63, 3.8) is 0 Å². The molecule has 0 unspecified atom stereocenters. The normalized spacial score (nSPS) is 11.9.